The Bertz CT molecular complexity index is 1110. The average Bonchev–Trinajstić information content (AvgIpc) is 3.14. The molecule has 160 valence electrons. The third-order valence-electron chi connectivity index (χ3n) is 4.43. The number of rotatable bonds is 7. The lowest BCUT2D eigenvalue weighted by atomic mass is 10.0. The van der Waals surface area contributed by atoms with E-state index in [-0.39, 0.29) is 18.0 Å². The number of ketones is 1. The number of hydrogen-bond acceptors (Lipinski definition) is 6. The monoisotopic (exact) mass is 428 g/mol. The summed E-state index contributed by atoms with van der Waals surface area (Å²) in [5, 5.41) is 2.39. The van der Waals surface area contributed by atoms with E-state index in [1.807, 2.05) is 0 Å². The van der Waals surface area contributed by atoms with Crippen LogP contribution in [0.1, 0.15) is 22.0 Å². The Kier molecular flexibility index (Phi) is 6.54. The molecule has 0 bridgehead atoms. The summed E-state index contributed by atoms with van der Waals surface area (Å²) >= 11 is 0. The van der Waals surface area contributed by atoms with Gasteiger partial charge in [0.05, 0.1) is 12.7 Å². The molecule has 3 rings (SSSR count). The maximum absolute atomic E-state index is 14.3. The molecular weight excluding hydrogens is 410 g/mol. The number of halogens is 2. The summed E-state index contributed by atoms with van der Waals surface area (Å²) in [5.41, 5.74) is -0.225. The molecule has 1 amide bonds. The summed E-state index contributed by atoms with van der Waals surface area (Å²) in [7, 11) is 1.04. The third kappa shape index (κ3) is 4.82. The zero-order chi connectivity index (χ0) is 22.5. The van der Waals surface area contributed by atoms with Gasteiger partial charge in [0.15, 0.2) is 5.89 Å². The van der Waals surface area contributed by atoms with Gasteiger partial charge in [-0.05, 0) is 17.7 Å². The van der Waals surface area contributed by atoms with Gasteiger partial charge in [-0.25, -0.2) is 18.6 Å². The molecule has 1 unspecified atom stereocenters. The van der Waals surface area contributed by atoms with Gasteiger partial charge < -0.3 is 14.5 Å². The van der Waals surface area contributed by atoms with Crippen molar-refractivity contribution in [3.05, 3.63) is 77.4 Å². The van der Waals surface area contributed by atoms with Crippen molar-refractivity contribution >= 4 is 17.7 Å². The summed E-state index contributed by atoms with van der Waals surface area (Å²) in [6.45, 7) is 1.40. The van der Waals surface area contributed by atoms with Crippen LogP contribution in [0.3, 0.4) is 0 Å². The third-order valence-corrected chi connectivity index (χ3v) is 4.43. The fourth-order valence-electron chi connectivity index (χ4n) is 3.00. The van der Waals surface area contributed by atoms with Crippen molar-refractivity contribution in [2.75, 3.05) is 7.11 Å². The number of amides is 1. The van der Waals surface area contributed by atoms with E-state index in [1.54, 1.807) is 30.3 Å². The van der Waals surface area contributed by atoms with Crippen LogP contribution in [0.5, 0.6) is 0 Å². The normalized spacial score (nSPS) is 11.6. The molecule has 31 heavy (non-hydrogen) atoms. The van der Waals surface area contributed by atoms with Crippen LogP contribution in [0.15, 0.2) is 52.9 Å². The number of aryl methyl sites for hydroxylation is 1. The summed E-state index contributed by atoms with van der Waals surface area (Å²) < 4.78 is 38.2. The molecule has 0 fully saturated rings. The summed E-state index contributed by atoms with van der Waals surface area (Å²) in [4.78, 5) is 41.1. The van der Waals surface area contributed by atoms with Gasteiger partial charge in [-0.1, -0.05) is 36.4 Å². The van der Waals surface area contributed by atoms with Gasteiger partial charge in [0.25, 0.3) is 11.7 Å². The van der Waals surface area contributed by atoms with Gasteiger partial charge in [0, 0.05) is 13.3 Å². The Morgan fingerprint density at radius 3 is 2.32 bits per heavy atom. The molecular formula is C22H18F2N2O5. The maximum Gasteiger partial charge on any atom is 0.376 e. The second-order valence-electron chi connectivity index (χ2n) is 6.58. The molecule has 1 atom stereocenters. The van der Waals surface area contributed by atoms with Gasteiger partial charge in [-0.3, -0.25) is 9.59 Å². The molecule has 7 nitrogen and oxygen atoms in total. The molecule has 0 spiro atoms. The Hall–Kier alpha value is -3.88. The predicted octanol–water partition coefficient (Wildman–Crippen LogP) is 3.01. The van der Waals surface area contributed by atoms with Crippen LogP contribution in [-0.4, -0.2) is 35.8 Å². The zero-order valence-electron chi connectivity index (χ0n) is 16.6. The second kappa shape index (κ2) is 9.29. The molecule has 2 aromatic carbocycles. The number of aromatic nitrogens is 1. The number of hydrogen-bond donors (Lipinski definition) is 1. The number of methoxy groups -OCH3 is 1. The van der Waals surface area contributed by atoms with Crippen LogP contribution in [0, 0.1) is 18.6 Å². The van der Waals surface area contributed by atoms with Crippen LogP contribution < -0.4 is 5.32 Å². The number of oxazole rings is 1. The molecule has 0 saturated heterocycles. The first-order chi connectivity index (χ1) is 14.8. The number of ether oxygens (including phenoxy) is 1. The Morgan fingerprint density at radius 1 is 1.06 bits per heavy atom. The van der Waals surface area contributed by atoms with Crippen molar-refractivity contribution in [1.29, 1.82) is 0 Å². The molecule has 1 aromatic heterocycles. The molecule has 9 heteroatoms. The first kappa shape index (κ1) is 21.8. The molecule has 0 radical (unpaired) electrons. The largest absolute Gasteiger partial charge is 0.463 e. The minimum atomic E-state index is -1.30. The van der Waals surface area contributed by atoms with Gasteiger partial charge >= 0.3 is 5.97 Å². The fraction of sp³-hybridized carbons (Fsp3) is 0.182. The molecule has 0 saturated carbocycles. The minimum Gasteiger partial charge on any atom is -0.463 e. The molecule has 3 aromatic rings. The van der Waals surface area contributed by atoms with Crippen LogP contribution in [0.2, 0.25) is 0 Å². The van der Waals surface area contributed by atoms with Crippen molar-refractivity contribution in [2.24, 2.45) is 0 Å². The van der Waals surface area contributed by atoms with Gasteiger partial charge in [-0.15, -0.1) is 0 Å². The van der Waals surface area contributed by atoms with Crippen LogP contribution in [-0.2, 0) is 20.7 Å². The molecule has 0 aliphatic carbocycles. The van der Waals surface area contributed by atoms with Gasteiger partial charge in [0.1, 0.15) is 23.4 Å². The Balaban J connectivity index is 1.95. The number of esters is 1. The Labute approximate surface area is 176 Å². The van der Waals surface area contributed by atoms with Crippen molar-refractivity contribution in [3.63, 3.8) is 0 Å². The number of benzene rings is 2. The SMILES string of the molecule is COC(=O)C(=O)C(Cc1ccccc1)NC(=O)c1oc(C)nc1-c1c(F)cccc1F. The highest BCUT2D eigenvalue weighted by molar-refractivity contribution is 6.36. The van der Waals surface area contributed by atoms with E-state index in [9.17, 15) is 23.2 Å². The van der Waals surface area contributed by atoms with Crippen molar-refractivity contribution < 1.29 is 32.3 Å². The standard InChI is InChI=1S/C22H18F2N2O5/c1-12-25-18(17-14(23)9-6-10-15(17)24)20(31-12)21(28)26-16(19(27)22(29)30-2)11-13-7-4-3-5-8-13/h3-10,16H,11H2,1-2H3,(H,26,28). The van der Waals surface area contributed by atoms with E-state index in [0.29, 0.717) is 5.56 Å². The van der Waals surface area contributed by atoms with Gasteiger partial charge in [-0.2, -0.15) is 0 Å². The molecule has 1 N–H and O–H groups in total. The van der Waals surface area contributed by atoms with E-state index in [0.717, 1.165) is 19.2 Å². The van der Waals surface area contributed by atoms with Gasteiger partial charge in [0.2, 0.25) is 5.76 Å². The second-order valence-corrected chi connectivity index (χ2v) is 6.58. The quantitative estimate of drug-likeness (QED) is 0.459. The van der Waals surface area contributed by atoms with E-state index in [1.165, 1.54) is 13.0 Å². The highest BCUT2D eigenvalue weighted by atomic mass is 19.1. The number of carbonyl (C=O) groups is 3. The highest BCUT2D eigenvalue weighted by Gasteiger charge is 2.31. The first-order valence-corrected chi connectivity index (χ1v) is 9.20. The van der Waals surface area contributed by atoms with E-state index < -0.39 is 46.7 Å². The van der Waals surface area contributed by atoms with Crippen molar-refractivity contribution in [3.8, 4) is 11.3 Å². The lowest BCUT2D eigenvalue weighted by molar-refractivity contribution is -0.152. The maximum atomic E-state index is 14.3. The topological polar surface area (TPSA) is 98.5 Å². The fourth-order valence-corrected chi connectivity index (χ4v) is 3.00. The smallest absolute Gasteiger partial charge is 0.376 e. The molecule has 1 heterocycles. The van der Waals surface area contributed by atoms with Crippen molar-refractivity contribution in [1.82, 2.24) is 10.3 Å². The Morgan fingerprint density at radius 2 is 1.71 bits per heavy atom. The van der Waals surface area contributed by atoms with Crippen LogP contribution in [0.25, 0.3) is 11.3 Å². The molecule has 0 aliphatic heterocycles. The first-order valence-electron chi connectivity index (χ1n) is 9.20. The number of carbonyl (C=O) groups excluding carboxylic acids is 3. The number of nitrogens with one attached hydrogen (secondary N) is 1. The predicted molar refractivity (Wildman–Crippen MR) is 105 cm³/mol. The number of nitrogens with zero attached hydrogens (tertiary/aromatic N) is 1. The highest BCUT2D eigenvalue weighted by Crippen LogP contribution is 2.29. The van der Waals surface area contributed by atoms with E-state index in [4.69, 9.17) is 4.42 Å². The summed E-state index contributed by atoms with van der Waals surface area (Å²) in [6.07, 6.45) is -0.0168. The van der Waals surface area contributed by atoms with Crippen molar-refractivity contribution in [2.45, 2.75) is 19.4 Å². The molecule has 0 aliphatic rings. The van der Waals surface area contributed by atoms with E-state index >= 15 is 0 Å². The number of Topliss-reactive ketones (excluding diaryl/α,β-unsaturated/α-hetero) is 1. The van der Waals surface area contributed by atoms with Crippen LogP contribution in [0.4, 0.5) is 8.78 Å². The van der Waals surface area contributed by atoms with Crippen LogP contribution >= 0.6 is 0 Å². The zero-order valence-corrected chi connectivity index (χ0v) is 16.6. The lowest BCUT2D eigenvalue weighted by Gasteiger charge is -2.16. The van der Waals surface area contributed by atoms with E-state index in [2.05, 4.69) is 15.0 Å². The minimum absolute atomic E-state index is 0.0123. The average molecular weight is 428 g/mol. The lowest BCUT2D eigenvalue weighted by Crippen LogP contribution is -2.45. The summed E-state index contributed by atoms with van der Waals surface area (Å²) in [5.74, 6) is -5.47. The summed E-state index contributed by atoms with van der Waals surface area (Å²) in [6, 6.07) is 10.6.